The number of aromatic nitrogens is 1. The van der Waals surface area contributed by atoms with Crippen LogP contribution in [0.2, 0.25) is 0 Å². The average molecular weight is 264 g/mol. The molecular formula is C15H24N2O2. The molecule has 1 aromatic heterocycles. The Morgan fingerprint density at radius 1 is 1.32 bits per heavy atom. The maximum Gasteiger partial charge on any atom is 0.215 e. The van der Waals surface area contributed by atoms with E-state index in [9.17, 15) is 0 Å². The van der Waals surface area contributed by atoms with Crippen LogP contribution < -0.4 is 10.1 Å². The Balaban J connectivity index is 1.97. The molecule has 1 N–H and O–H groups in total. The number of nitrogens with one attached hydrogen (secondary N) is 1. The van der Waals surface area contributed by atoms with Gasteiger partial charge < -0.3 is 14.8 Å². The molecule has 106 valence electrons. The predicted octanol–water partition coefficient (Wildman–Crippen LogP) is 3.10. The Morgan fingerprint density at radius 3 is 2.74 bits per heavy atom. The molecule has 0 radical (unpaired) electrons. The summed E-state index contributed by atoms with van der Waals surface area (Å²) in [5.74, 6) is 1.55. The summed E-state index contributed by atoms with van der Waals surface area (Å²) in [5, 5.41) is 3.48. The van der Waals surface area contributed by atoms with E-state index in [1.165, 1.54) is 0 Å². The Hall–Kier alpha value is -1.29. The number of pyridine rings is 1. The van der Waals surface area contributed by atoms with Gasteiger partial charge in [0.15, 0.2) is 0 Å². The van der Waals surface area contributed by atoms with Crippen molar-refractivity contribution in [1.82, 2.24) is 4.98 Å². The molecule has 19 heavy (non-hydrogen) atoms. The highest BCUT2D eigenvalue weighted by atomic mass is 16.5. The fourth-order valence-corrected chi connectivity index (χ4v) is 2.52. The second kappa shape index (κ2) is 5.78. The number of hydrogen-bond acceptors (Lipinski definition) is 4. The molecule has 1 fully saturated rings. The maximum atomic E-state index is 5.74. The van der Waals surface area contributed by atoms with Crippen molar-refractivity contribution < 1.29 is 9.47 Å². The van der Waals surface area contributed by atoms with Crippen LogP contribution in [0.15, 0.2) is 18.2 Å². The smallest absolute Gasteiger partial charge is 0.215 e. The quantitative estimate of drug-likeness (QED) is 0.857. The van der Waals surface area contributed by atoms with Gasteiger partial charge in [-0.2, -0.15) is 4.98 Å². The van der Waals surface area contributed by atoms with Gasteiger partial charge in [-0.25, -0.2) is 0 Å². The Morgan fingerprint density at radius 2 is 2.11 bits per heavy atom. The van der Waals surface area contributed by atoms with E-state index in [-0.39, 0.29) is 5.41 Å². The first-order chi connectivity index (χ1) is 9.07. The van der Waals surface area contributed by atoms with Gasteiger partial charge in [-0.05, 0) is 26.3 Å². The molecule has 0 saturated heterocycles. The third kappa shape index (κ3) is 3.00. The Kier molecular flexibility index (Phi) is 4.30. The topological polar surface area (TPSA) is 43.4 Å². The molecule has 0 aromatic carbocycles. The van der Waals surface area contributed by atoms with E-state index in [4.69, 9.17) is 9.47 Å². The molecule has 0 aliphatic heterocycles. The monoisotopic (exact) mass is 264 g/mol. The summed E-state index contributed by atoms with van der Waals surface area (Å²) in [4.78, 5) is 4.45. The molecule has 1 aliphatic rings. The van der Waals surface area contributed by atoms with E-state index in [1.807, 2.05) is 32.0 Å². The van der Waals surface area contributed by atoms with E-state index in [0.29, 0.717) is 24.6 Å². The zero-order valence-corrected chi connectivity index (χ0v) is 12.3. The summed E-state index contributed by atoms with van der Waals surface area (Å²) >= 11 is 0. The average Bonchev–Trinajstić information content (AvgIpc) is 2.38. The zero-order chi connectivity index (χ0) is 13.9. The van der Waals surface area contributed by atoms with Crippen LogP contribution in [0.25, 0.3) is 0 Å². The maximum absolute atomic E-state index is 5.74. The van der Waals surface area contributed by atoms with Gasteiger partial charge in [-0.3, -0.25) is 0 Å². The van der Waals surface area contributed by atoms with Gasteiger partial charge in [0.25, 0.3) is 0 Å². The minimum atomic E-state index is 0.138. The standard InChI is InChI=1S/C15H24N2O2/c1-5-18-12-10-11(15(12,3)4)16-13-8-7-9-14(17-13)19-6-2/h7-9,11-12H,5-6,10H2,1-4H3,(H,16,17). The molecule has 0 spiro atoms. The summed E-state index contributed by atoms with van der Waals surface area (Å²) in [6, 6.07) is 6.22. The van der Waals surface area contributed by atoms with Crippen LogP contribution in [-0.2, 0) is 4.74 Å². The first kappa shape index (κ1) is 14.1. The lowest BCUT2D eigenvalue weighted by Crippen LogP contribution is -2.58. The third-order valence-electron chi connectivity index (χ3n) is 3.88. The second-order valence-electron chi connectivity index (χ2n) is 5.49. The van der Waals surface area contributed by atoms with Crippen LogP contribution >= 0.6 is 0 Å². The number of rotatable bonds is 6. The van der Waals surface area contributed by atoms with Gasteiger partial charge in [0.2, 0.25) is 5.88 Å². The van der Waals surface area contributed by atoms with Crippen LogP contribution in [0.5, 0.6) is 5.88 Å². The first-order valence-corrected chi connectivity index (χ1v) is 7.06. The highest BCUT2D eigenvalue weighted by molar-refractivity contribution is 5.40. The molecule has 4 heteroatoms. The van der Waals surface area contributed by atoms with E-state index >= 15 is 0 Å². The van der Waals surface area contributed by atoms with E-state index in [1.54, 1.807) is 0 Å². The normalized spacial score (nSPS) is 24.6. The molecule has 1 heterocycles. The predicted molar refractivity (Wildman–Crippen MR) is 76.6 cm³/mol. The summed E-state index contributed by atoms with van der Waals surface area (Å²) in [6.07, 6.45) is 1.37. The van der Waals surface area contributed by atoms with E-state index in [0.717, 1.165) is 18.8 Å². The minimum absolute atomic E-state index is 0.138. The van der Waals surface area contributed by atoms with Crippen LogP contribution in [-0.4, -0.2) is 30.3 Å². The van der Waals surface area contributed by atoms with Crippen molar-refractivity contribution in [2.75, 3.05) is 18.5 Å². The first-order valence-electron chi connectivity index (χ1n) is 7.06. The summed E-state index contributed by atoms with van der Waals surface area (Å²) in [5.41, 5.74) is 0.138. The number of nitrogens with zero attached hydrogens (tertiary/aromatic N) is 1. The van der Waals surface area contributed by atoms with E-state index in [2.05, 4.69) is 24.1 Å². The highest BCUT2D eigenvalue weighted by Gasteiger charge is 2.49. The van der Waals surface area contributed by atoms with Gasteiger partial charge in [0, 0.05) is 24.1 Å². The lowest BCUT2D eigenvalue weighted by Gasteiger charge is -2.51. The Labute approximate surface area is 115 Å². The minimum Gasteiger partial charge on any atom is -0.478 e. The number of ether oxygens (including phenoxy) is 2. The summed E-state index contributed by atoms with van der Waals surface area (Å²) in [7, 11) is 0. The molecule has 0 amide bonds. The van der Waals surface area contributed by atoms with E-state index < -0.39 is 0 Å². The second-order valence-corrected chi connectivity index (χ2v) is 5.49. The van der Waals surface area contributed by atoms with Crippen LogP contribution in [0, 0.1) is 5.41 Å². The Bertz CT molecular complexity index is 420. The molecule has 1 aliphatic carbocycles. The SMILES string of the molecule is CCOc1cccc(NC2CC(OCC)C2(C)C)n1. The fourth-order valence-electron chi connectivity index (χ4n) is 2.52. The lowest BCUT2D eigenvalue weighted by molar-refractivity contribution is -0.0976. The van der Waals surface area contributed by atoms with Crippen molar-refractivity contribution >= 4 is 5.82 Å². The molecule has 0 bridgehead atoms. The van der Waals surface area contributed by atoms with Gasteiger partial charge in [-0.1, -0.05) is 19.9 Å². The number of hydrogen-bond donors (Lipinski definition) is 1. The zero-order valence-electron chi connectivity index (χ0n) is 12.3. The highest BCUT2D eigenvalue weighted by Crippen LogP contribution is 2.44. The van der Waals surface area contributed by atoms with Crippen molar-refractivity contribution in [3.05, 3.63) is 18.2 Å². The largest absolute Gasteiger partial charge is 0.478 e. The van der Waals surface area contributed by atoms with Crippen molar-refractivity contribution in [2.45, 2.75) is 46.3 Å². The number of anilines is 1. The van der Waals surface area contributed by atoms with Crippen LogP contribution in [0.1, 0.15) is 34.1 Å². The molecule has 2 rings (SSSR count). The lowest BCUT2D eigenvalue weighted by atomic mass is 9.64. The molecule has 2 atom stereocenters. The molecule has 1 aromatic rings. The van der Waals surface area contributed by atoms with Gasteiger partial charge >= 0.3 is 0 Å². The molecular weight excluding hydrogens is 240 g/mol. The van der Waals surface area contributed by atoms with Crippen LogP contribution in [0.4, 0.5) is 5.82 Å². The van der Waals surface area contributed by atoms with Gasteiger partial charge in [0.05, 0.1) is 12.7 Å². The van der Waals surface area contributed by atoms with Gasteiger partial charge in [-0.15, -0.1) is 0 Å². The third-order valence-corrected chi connectivity index (χ3v) is 3.88. The van der Waals surface area contributed by atoms with Gasteiger partial charge in [0.1, 0.15) is 5.82 Å². The van der Waals surface area contributed by atoms with Crippen molar-refractivity contribution in [3.8, 4) is 5.88 Å². The molecule has 2 unspecified atom stereocenters. The molecule has 1 saturated carbocycles. The summed E-state index contributed by atoms with van der Waals surface area (Å²) < 4.78 is 11.2. The summed E-state index contributed by atoms with van der Waals surface area (Å²) in [6.45, 7) is 9.89. The van der Waals surface area contributed by atoms with Crippen molar-refractivity contribution in [2.24, 2.45) is 5.41 Å². The molecule has 4 nitrogen and oxygen atoms in total. The van der Waals surface area contributed by atoms with Crippen molar-refractivity contribution in [1.29, 1.82) is 0 Å². The van der Waals surface area contributed by atoms with Crippen molar-refractivity contribution in [3.63, 3.8) is 0 Å². The van der Waals surface area contributed by atoms with Crippen LogP contribution in [0.3, 0.4) is 0 Å². The fraction of sp³-hybridized carbons (Fsp3) is 0.667.